The molecule has 2 aliphatic heterocycles. The van der Waals surface area contributed by atoms with Crippen molar-refractivity contribution < 1.29 is 14.4 Å². The van der Waals surface area contributed by atoms with E-state index in [4.69, 9.17) is 11.6 Å². The Bertz CT molecular complexity index is 2190. The van der Waals surface area contributed by atoms with E-state index in [0.29, 0.717) is 27.3 Å². The highest BCUT2D eigenvalue weighted by atomic mass is 35.5. The topological polar surface area (TPSA) is 51.2 Å². The molecule has 3 aliphatic rings. The number of carbonyl (C=O) groups is 3. The number of rotatable bonds is 2. The van der Waals surface area contributed by atoms with Gasteiger partial charge in [0.05, 0.1) is 10.6 Å². The maximum absolute atomic E-state index is 13.8. The summed E-state index contributed by atoms with van der Waals surface area (Å²) in [5.74, 6) is -0.179. The van der Waals surface area contributed by atoms with Crippen LogP contribution in [0, 0.1) is 0 Å². The highest BCUT2D eigenvalue weighted by molar-refractivity contribution is 7.99. The monoisotopic (exact) mass is 664 g/mol. The van der Waals surface area contributed by atoms with Crippen molar-refractivity contribution in [3.05, 3.63) is 188 Å². The molecule has 2 heterocycles. The summed E-state index contributed by atoms with van der Waals surface area (Å²) < 4.78 is 0. The molecule has 226 valence electrons. The lowest BCUT2D eigenvalue weighted by Gasteiger charge is -2.23. The second-order valence-corrected chi connectivity index (χ2v) is 14.1. The second-order valence-electron chi connectivity index (χ2n) is 11.5. The van der Waals surface area contributed by atoms with Crippen LogP contribution in [0.5, 0.6) is 0 Å². The number of benzene rings is 6. The molecule has 0 radical (unpaired) electrons. The maximum atomic E-state index is 13.8. The van der Waals surface area contributed by atoms with Gasteiger partial charge in [0, 0.05) is 60.2 Å². The fraction of sp³-hybridized carbons (Fsp3) is 0.0488. The van der Waals surface area contributed by atoms with E-state index in [1.807, 2.05) is 24.3 Å². The zero-order valence-electron chi connectivity index (χ0n) is 25.0. The molecule has 3 nitrogen and oxygen atoms in total. The zero-order valence-corrected chi connectivity index (χ0v) is 27.3. The van der Waals surface area contributed by atoms with Crippen LogP contribution >= 0.6 is 35.1 Å². The SMILES string of the molecule is O=C(c1cccc2c1Cc1ccccc1S2)c1cccc2c1Cc1ccccc1S2.O=C1c2ccccc2C(=O)c2c(Cl)cccc21. The summed E-state index contributed by atoms with van der Waals surface area (Å²) >= 11 is 9.54. The Morgan fingerprint density at radius 1 is 0.489 bits per heavy atom. The third-order valence-electron chi connectivity index (χ3n) is 8.78. The smallest absolute Gasteiger partial charge is 0.196 e. The van der Waals surface area contributed by atoms with Crippen LogP contribution < -0.4 is 0 Å². The molecule has 0 saturated carbocycles. The molecule has 6 heteroatoms. The van der Waals surface area contributed by atoms with Crippen LogP contribution in [0.15, 0.2) is 147 Å². The first-order valence-electron chi connectivity index (χ1n) is 15.2. The highest BCUT2D eigenvalue weighted by Gasteiger charge is 2.31. The van der Waals surface area contributed by atoms with E-state index < -0.39 is 0 Å². The van der Waals surface area contributed by atoms with Gasteiger partial charge in [-0.05, 0) is 52.6 Å². The minimum atomic E-state index is -0.180. The van der Waals surface area contributed by atoms with Crippen LogP contribution in [0.2, 0.25) is 5.02 Å². The summed E-state index contributed by atoms with van der Waals surface area (Å²) in [5, 5.41) is 0.329. The fourth-order valence-electron chi connectivity index (χ4n) is 6.48. The molecule has 0 bridgehead atoms. The Hall–Kier alpha value is -4.68. The van der Waals surface area contributed by atoms with Gasteiger partial charge in [-0.1, -0.05) is 132 Å². The molecule has 0 atom stereocenters. The highest BCUT2D eigenvalue weighted by Crippen LogP contribution is 2.43. The van der Waals surface area contributed by atoms with Gasteiger partial charge in [0.25, 0.3) is 0 Å². The molecular formula is C41H25ClO3S2. The molecule has 0 spiro atoms. The number of hydrogen-bond acceptors (Lipinski definition) is 5. The molecule has 6 aromatic carbocycles. The van der Waals surface area contributed by atoms with Gasteiger partial charge in [-0.2, -0.15) is 0 Å². The predicted molar refractivity (Wildman–Crippen MR) is 188 cm³/mol. The van der Waals surface area contributed by atoms with Crippen LogP contribution in [0.25, 0.3) is 0 Å². The standard InChI is InChI=1S/C27H18OS2.C14H7ClO2/c28-27(19-9-5-13-25-21(19)15-17-7-1-3-11-23(17)29-25)20-10-6-14-26-22(20)16-18-8-2-4-12-24(18)30-26;15-11-7-3-6-10-12(11)14(17)9-5-2-1-4-8(9)13(10)16/h1-14H,15-16H2;1-7H. The average molecular weight is 665 g/mol. The fourth-order valence-corrected chi connectivity index (χ4v) is 8.95. The first-order valence-corrected chi connectivity index (χ1v) is 17.3. The van der Waals surface area contributed by atoms with Crippen molar-refractivity contribution in [2.75, 3.05) is 0 Å². The van der Waals surface area contributed by atoms with Crippen molar-refractivity contribution >= 4 is 52.5 Å². The Labute approximate surface area is 286 Å². The Kier molecular flexibility index (Phi) is 7.69. The quantitative estimate of drug-likeness (QED) is 0.172. The van der Waals surface area contributed by atoms with Gasteiger partial charge >= 0.3 is 0 Å². The third kappa shape index (κ3) is 5.25. The van der Waals surface area contributed by atoms with E-state index in [-0.39, 0.29) is 17.3 Å². The third-order valence-corrected chi connectivity index (χ3v) is 11.5. The number of carbonyl (C=O) groups excluding carboxylic acids is 3. The van der Waals surface area contributed by atoms with E-state index >= 15 is 0 Å². The van der Waals surface area contributed by atoms with Crippen molar-refractivity contribution in [2.24, 2.45) is 0 Å². The summed E-state index contributed by atoms with van der Waals surface area (Å²) in [4.78, 5) is 43.2. The van der Waals surface area contributed by atoms with Gasteiger partial charge < -0.3 is 0 Å². The average Bonchev–Trinajstić information content (AvgIpc) is 3.11. The van der Waals surface area contributed by atoms with Crippen LogP contribution in [0.1, 0.15) is 70.0 Å². The second kappa shape index (κ2) is 12.2. The van der Waals surface area contributed by atoms with E-state index in [9.17, 15) is 14.4 Å². The van der Waals surface area contributed by atoms with E-state index in [2.05, 4.69) is 60.7 Å². The van der Waals surface area contributed by atoms with Gasteiger partial charge in [0.1, 0.15) is 0 Å². The number of halogens is 1. The van der Waals surface area contributed by atoms with Crippen molar-refractivity contribution in [3.8, 4) is 0 Å². The predicted octanol–water partition coefficient (Wildman–Crippen LogP) is 10.1. The molecular weight excluding hydrogens is 640 g/mol. The first kappa shape index (κ1) is 29.7. The summed E-state index contributed by atoms with van der Waals surface area (Å²) in [6.07, 6.45) is 1.63. The Morgan fingerprint density at radius 3 is 1.51 bits per heavy atom. The lowest BCUT2D eigenvalue weighted by molar-refractivity contribution is 0.0979. The van der Waals surface area contributed by atoms with Gasteiger partial charge in [-0.25, -0.2) is 0 Å². The van der Waals surface area contributed by atoms with Gasteiger partial charge in [-0.15, -0.1) is 0 Å². The molecule has 6 aromatic rings. The molecule has 0 N–H and O–H groups in total. The summed E-state index contributed by atoms with van der Waals surface area (Å²) in [6, 6.07) is 41.1. The Morgan fingerprint density at radius 2 is 0.936 bits per heavy atom. The first-order chi connectivity index (χ1) is 23.0. The van der Waals surface area contributed by atoms with Gasteiger partial charge in [0.2, 0.25) is 0 Å². The van der Waals surface area contributed by atoms with Crippen LogP contribution in [0.3, 0.4) is 0 Å². The van der Waals surface area contributed by atoms with Crippen molar-refractivity contribution in [2.45, 2.75) is 32.4 Å². The zero-order chi connectivity index (χ0) is 32.1. The Balaban J connectivity index is 0.000000162. The van der Waals surface area contributed by atoms with Crippen molar-refractivity contribution in [1.82, 2.24) is 0 Å². The number of hydrogen-bond donors (Lipinski definition) is 0. The van der Waals surface area contributed by atoms with E-state index in [1.165, 1.54) is 30.7 Å². The molecule has 47 heavy (non-hydrogen) atoms. The van der Waals surface area contributed by atoms with E-state index in [0.717, 1.165) is 35.1 Å². The number of ketones is 3. The van der Waals surface area contributed by atoms with Crippen LogP contribution in [0.4, 0.5) is 0 Å². The lowest BCUT2D eigenvalue weighted by Crippen LogP contribution is -2.21. The molecule has 0 saturated heterocycles. The molecule has 1 aliphatic carbocycles. The lowest BCUT2D eigenvalue weighted by atomic mass is 9.84. The summed E-state index contributed by atoms with van der Waals surface area (Å²) in [6.45, 7) is 0. The largest absolute Gasteiger partial charge is 0.289 e. The van der Waals surface area contributed by atoms with Crippen molar-refractivity contribution in [1.29, 1.82) is 0 Å². The minimum absolute atomic E-state index is 0.141. The van der Waals surface area contributed by atoms with Gasteiger partial charge in [-0.3, -0.25) is 14.4 Å². The normalized spacial score (nSPS) is 13.5. The van der Waals surface area contributed by atoms with Crippen LogP contribution in [-0.2, 0) is 12.8 Å². The number of fused-ring (bicyclic) bond motifs is 6. The molecule has 0 amide bonds. The molecule has 0 aromatic heterocycles. The maximum Gasteiger partial charge on any atom is 0.196 e. The van der Waals surface area contributed by atoms with E-state index in [1.54, 1.807) is 66.0 Å². The van der Waals surface area contributed by atoms with Crippen LogP contribution in [-0.4, -0.2) is 17.3 Å². The molecule has 9 rings (SSSR count). The summed E-state index contributed by atoms with van der Waals surface area (Å²) in [7, 11) is 0. The molecule has 0 fully saturated rings. The van der Waals surface area contributed by atoms with Crippen molar-refractivity contribution in [3.63, 3.8) is 0 Å². The van der Waals surface area contributed by atoms with Gasteiger partial charge in [0.15, 0.2) is 17.3 Å². The summed E-state index contributed by atoms with van der Waals surface area (Å²) in [5.41, 5.74) is 8.19. The minimum Gasteiger partial charge on any atom is -0.289 e. The molecule has 0 unspecified atom stereocenters.